The lowest BCUT2D eigenvalue weighted by Crippen LogP contribution is -2.49. The van der Waals surface area contributed by atoms with Crippen molar-refractivity contribution in [2.75, 3.05) is 31.1 Å². The molecule has 10 heteroatoms. The Morgan fingerprint density at radius 2 is 2.00 bits per heavy atom. The van der Waals surface area contributed by atoms with Crippen LogP contribution >= 0.6 is 11.5 Å². The molecule has 0 N–H and O–H groups in total. The van der Waals surface area contributed by atoms with Crippen molar-refractivity contribution in [2.45, 2.75) is 19.8 Å². The number of carbonyl (C=O) groups excluding carboxylic acids is 1. The van der Waals surface area contributed by atoms with Gasteiger partial charge in [-0.1, -0.05) is 17.8 Å². The highest BCUT2D eigenvalue weighted by Gasteiger charge is 2.26. The van der Waals surface area contributed by atoms with Gasteiger partial charge in [-0.3, -0.25) is 9.36 Å². The first-order chi connectivity index (χ1) is 13.3. The first-order valence-corrected chi connectivity index (χ1v) is 9.69. The number of imidazole rings is 1. The summed E-state index contributed by atoms with van der Waals surface area (Å²) in [5.41, 5.74) is 0.815. The second kappa shape index (κ2) is 7.78. The highest BCUT2D eigenvalue weighted by Crippen LogP contribution is 2.19. The van der Waals surface area contributed by atoms with Crippen LogP contribution in [0.1, 0.15) is 28.7 Å². The molecule has 140 valence electrons. The number of hydrogen-bond donors (Lipinski definition) is 0. The van der Waals surface area contributed by atoms with Gasteiger partial charge >= 0.3 is 0 Å². The van der Waals surface area contributed by atoms with Gasteiger partial charge in [0, 0.05) is 44.6 Å². The van der Waals surface area contributed by atoms with Crippen LogP contribution in [0.25, 0.3) is 5.82 Å². The lowest BCUT2D eigenvalue weighted by atomic mass is 10.2. The summed E-state index contributed by atoms with van der Waals surface area (Å²) in [4.78, 5) is 30.3. The molecule has 0 spiro atoms. The Morgan fingerprint density at radius 1 is 1.19 bits per heavy atom. The van der Waals surface area contributed by atoms with Crippen molar-refractivity contribution >= 4 is 23.3 Å². The molecule has 0 bridgehead atoms. The minimum absolute atomic E-state index is 0.0369. The number of aromatic nitrogens is 6. The van der Waals surface area contributed by atoms with Gasteiger partial charge in [0.2, 0.25) is 0 Å². The summed E-state index contributed by atoms with van der Waals surface area (Å²) < 4.78 is 5.81. The zero-order valence-electron chi connectivity index (χ0n) is 15.0. The van der Waals surface area contributed by atoms with Crippen molar-refractivity contribution in [3.8, 4) is 5.82 Å². The normalized spacial score (nSPS) is 14.6. The van der Waals surface area contributed by atoms with Gasteiger partial charge < -0.3 is 9.80 Å². The molecule has 9 nitrogen and oxygen atoms in total. The lowest BCUT2D eigenvalue weighted by Gasteiger charge is -2.35. The van der Waals surface area contributed by atoms with Crippen molar-refractivity contribution in [1.82, 2.24) is 34.0 Å². The van der Waals surface area contributed by atoms with Crippen molar-refractivity contribution in [3.63, 3.8) is 0 Å². The Hall–Kier alpha value is -2.88. The zero-order valence-corrected chi connectivity index (χ0v) is 15.8. The molecule has 0 atom stereocenters. The van der Waals surface area contributed by atoms with E-state index in [4.69, 9.17) is 0 Å². The molecule has 0 aliphatic carbocycles. The molecular formula is C17H20N8OS. The number of amides is 1. The number of anilines is 1. The SMILES string of the molecule is CCCc1nnsc1C(=O)N1CCN(c2cc(-n3ccnc3)ncn2)CC1. The maximum Gasteiger partial charge on any atom is 0.267 e. The topological polar surface area (TPSA) is 92.9 Å². The van der Waals surface area contributed by atoms with E-state index in [1.54, 1.807) is 18.9 Å². The third-order valence-electron chi connectivity index (χ3n) is 4.53. The largest absolute Gasteiger partial charge is 0.353 e. The van der Waals surface area contributed by atoms with Crippen molar-refractivity contribution in [1.29, 1.82) is 0 Å². The highest BCUT2D eigenvalue weighted by atomic mass is 32.1. The van der Waals surface area contributed by atoms with Gasteiger partial charge in [0.25, 0.3) is 5.91 Å². The summed E-state index contributed by atoms with van der Waals surface area (Å²) in [7, 11) is 0. The third kappa shape index (κ3) is 3.65. The molecule has 3 aromatic rings. The Kier molecular flexibility index (Phi) is 5.05. The molecule has 27 heavy (non-hydrogen) atoms. The molecule has 4 heterocycles. The van der Waals surface area contributed by atoms with Crippen molar-refractivity contribution in [3.05, 3.63) is 41.7 Å². The highest BCUT2D eigenvalue weighted by molar-refractivity contribution is 7.08. The Bertz CT molecular complexity index is 901. The van der Waals surface area contributed by atoms with Gasteiger partial charge in [-0.25, -0.2) is 15.0 Å². The van der Waals surface area contributed by atoms with Crippen molar-refractivity contribution in [2.24, 2.45) is 0 Å². The fraction of sp³-hybridized carbons (Fsp3) is 0.412. The summed E-state index contributed by atoms with van der Waals surface area (Å²) in [5.74, 6) is 1.66. The number of nitrogens with zero attached hydrogens (tertiary/aromatic N) is 8. The van der Waals surface area contributed by atoms with Gasteiger partial charge in [0.15, 0.2) is 0 Å². The first-order valence-electron chi connectivity index (χ1n) is 8.92. The van der Waals surface area contributed by atoms with E-state index in [9.17, 15) is 4.79 Å². The minimum Gasteiger partial charge on any atom is -0.353 e. The van der Waals surface area contributed by atoms with Crippen LogP contribution in [0, 0.1) is 0 Å². The number of piperazine rings is 1. The Balaban J connectivity index is 1.42. The van der Waals surface area contributed by atoms with Gasteiger partial charge in [-0.15, -0.1) is 5.10 Å². The van der Waals surface area contributed by atoms with Crippen LogP contribution in [0.4, 0.5) is 5.82 Å². The van der Waals surface area contributed by atoms with Crippen LogP contribution in [-0.4, -0.2) is 66.1 Å². The van der Waals surface area contributed by atoms with E-state index in [1.165, 1.54) is 11.5 Å². The molecule has 1 aliphatic heterocycles. The predicted octanol–water partition coefficient (Wildman–Crippen LogP) is 1.43. The zero-order chi connectivity index (χ0) is 18.6. The van der Waals surface area contributed by atoms with Crippen LogP contribution in [0.3, 0.4) is 0 Å². The second-order valence-electron chi connectivity index (χ2n) is 6.28. The molecule has 0 radical (unpaired) electrons. The van der Waals surface area contributed by atoms with Crippen LogP contribution in [0.5, 0.6) is 0 Å². The van der Waals surface area contributed by atoms with Gasteiger partial charge in [0.1, 0.15) is 29.2 Å². The smallest absolute Gasteiger partial charge is 0.267 e. The molecule has 0 aromatic carbocycles. The number of rotatable bonds is 5. The van der Waals surface area contributed by atoms with Crippen LogP contribution in [-0.2, 0) is 6.42 Å². The molecule has 3 aromatic heterocycles. The lowest BCUT2D eigenvalue weighted by molar-refractivity contribution is 0.0750. The van der Waals surface area contributed by atoms with Crippen molar-refractivity contribution < 1.29 is 4.79 Å². The van der Waals surface area contributed by atoms with E-state index in [0.29, 0.717) is 18.0 Å². The average Bonchev–Trinajstić information content (AvgIpc) is 3.40. The molecule has 0 unspecified atom stereocenters. The Labute approximate surface area is 160 Å². The van der Waals surface area contributed by atoms with Gasteiger partial charge in [-0.2, -0.15) is 0 Å². The van der Waals surface area contributed by atoms with Crippen LogP contribution < -0.4 is 4.90 Å². The first kappa shape index (κ1) is 17.5. The van der Waals surface area contributed by atoms with E-state index in [0.717, 1.165) is 43.3 Å². The van der Waals surface area contributed by atoms with E-state index in [-0.39, 0.29) is 5.91 Å². The predicted molar refractivity (Wildman–Crippen MR) is 101 cm³/mol. The summed E-state index contributed by atoms with van der Waals surface area (Å²) in [6.45, 7) is 4.81. The quantitative estimate of drug-likeness (QED) is 0.657. The van der Waals surface area contributed by atoms with Gasteiger partial charge in [-0.05, 0) is 18.0 Å². The molecule has 1 fully saturated rings. The second-order valence-corrected chi connectivity index (χ2v) is 7.04. The molecular weight excluding hydrogens is 364 g/mol. The van der Waals surface area contributed by atoms with Crippen LogP contribution in [0.2, 0.25) is 0 Å². The van der Waals surface area contributed by atoms with Crippen LogP contribution in [0.15, 0.2) is 31.1 Å². The van der Waals surface area contributed by atoms with E-state index in [1.807, 2.05) is 21.7 Å². The van der Waals surface area contributed by atoms with E-state index in [2.05, 4.69) is 36.4 Å². The number of carbonyl (C=O) groups is 1. The number of hydrogen-bond acceptors (Lipinski definition) is 8. The molecule has 0 saturated carbocycles. The number of aryl methyl sites for hydroxylation is 1. The summed E-state index contributed by atoms with van der Waals surface area (Å²) >= 11 is 1.19. The summed E-state index contributed by atoms with van der Waals surface area (Å²) in [6.07, 6.45) is 8.57. The molecule has 1 aliphatic rings. The summed E-state index contributed by atoms with van der Waals surface area (Å²) in [6, 6.07) is 1.94. The molecule has 1 amide bonds. The third-order valence-corrected chi connectivity index (χ3v) is 5.29. The average molecular weight is 384 g/mol. The van der Waals surface area contributed by atoms with Gasteiger partial charge in [0.05, 0.1) is 5.69 Å². The monoisotopic (exact) mass is 384 g/mol. The fourth-order valence-corrected chi connectivity index (χ4v) is 3.78. The summed E-state index contributed by atoms with van der Waals surface area (Å²) in [5, 5.41) is 4.10. The Morgan fingerprint density at radius 3 is 2.74 bits per heavy atom. The maximum absolute atomic E-state index is 12.8. The van der Waals surface area contributed by atoms with E-state index >= 15 is 0 Å². The maximum atomic E-state index is 12.8. The fourth-order valence-electron chi connectivity index (χ4n) is 3.10. The molecule has 1 saturated heterocycles. The standard InChI is InChI=1S/C17H20N8OS/c1-2-3-13-16(27-22-21-13)17(26)24-8-6-23(7-9-24)14-10-15(20-11-19-14)25-5-4-18-12-25/h4-5,10-12H,2-3,6-9H2,1H3. The minimum atomic E-state index is 0.0369. The van der Waals surface area contributed by atoms with E-state index < -0.39 is 0 Å². The molecule has 4 rings (SSSR count).